The van der Waals surface area contributed by atoms with E-state index >= 15 is 0 Å². The van der Waals surface area contributed by atoms with E-state index in [1.807, 2.05) is 12.2 Å². The van der Waals surface area contributed by atoms with Crippen molar-refractivity contribution in [2.24, 2.45) is 23.7 Å². The van der Waals surface area contributed by atoms with Gasteiger partial charge >= 0.3 is 6.18 Å². The van der Waals surface area contributed by atoms with Crippen LogP contribution in [0.5, 0.6) is 0 Å². The maximum absolute atomic E-state index is 13.2. The van der Waals surface area contributed by atoms with Crippen LogP contribution in [0.2, 0.25) is 0 Å². The van der Waals surface area contributed by atoms with Gasteiger partial charge in [-0.15, -0.1) is 11.3 Å². The van der Waals surface area contributed by atoms with Crippen LogP contribution in [-0.4, -0.2) is 28.5 Å². The van der Waals surface area contributed by atoms with Gasteiger partial charge in [-0.1, -0.05) is 36.0 Å². The van der Waals surface area contributed by atoms with Crippen molar-refractivity contribution >= 4 is 62.4 Å². The van der Waals surface area contributed by atoms with Crippen molar-refractivity contribution in [3.63, 3.8) is 0 Å². The minimum absolute atomic E-state index is 0.124. The van der Waals surface area contributed by atoms with Gasteiger partial charge in [0.15, 0.2) is 4.34 Å². The molecule has 1 aliphatic heterocycles. The summed E-state index contributed by atoms with van der Waals surface area (Å²) in [7, 11) is 0. The molecule has 3 aromatic rings. The fourth-order valence-corrected chi connectivity index (χ4v) is 7.30. The number of carbonyl (C=O) groups excluding carboxylic acids is 3. The number of hydrogen-bond donors (Lipinski definition) is 1. The number of thiazole rings is 1. The maximum Gasteiger partial charge on any atom is 0.418 e. The molecular weight excluding hydrogens is 511 g/mol. The van der Waals surface area contributed by atoms with Crippen LogP contribution in [0.1, 0.15) is 12.0 Å². The van der Waals surface area contributed by atoms with Crippen molar-refractivity contribution in [1.82, 2.24) is 4.98 Å². The smallest absolute Gasteiger partial charge is 0.325 e. The molecule has 2 fully saturated rings. The molecule has 0 unspecified atom stereocenters. The summed E-state index contributed by atoms with van der Waals surface area (Å²) < 4.78 is 40.8. The minimum atomic E-state index is -4.57. The predicted octanol–water partition coefficient (Wildman–Crippen LogP) is 5.36. The third kappa shape index (κ3) is 3.81. The molecule has 1 saturated carbocycles. The summed E-state index contributed by atoms with van der Waals surface area (Å²) in [6.45, 7) is 0. The zero-order valence-corrected chi connectivity index (χ0v) is 20.1. The summed E-state index contributed by atoms with van der Waals surface area (Å²) in [4.78, 5) is 44.2. The maximum atomic E-state index is 13.2. The lowest BCUT2D eigenvalue weighted by Gasteiger charge is -2.17. The Kier molecular flexibility index (Phi) is 5.45. The Morgan fingerprint density at radius 3 is 2.47 bits per heavy atom. The summed E-state index contributed by atoms with van der Waals surface area (Å²) in [5.41, 5.74) is -0.0456. The average Bonchev–Trinajstić information content (AvgIpc) is 3.60. The highest BCUT2D eigenvalue weighted by Gasteiger charge is 2.59. The molecule has 1 saturated heterocycles. The van der Waals surface area contributed by atoms with E-state index in [1.165, 1.54) is 34.4 Å². The number of para-hydroxylation sites is 1. The van der Waals surface area contributed by atoms with Crippen molar-refractivity contribution in [2.75, 3.05) is 16.0 Å². The zero-order valence-electron chi connectivity index (χ0n) is 18.5. The molecule has 2 aliphatic carbocycles. The molecule has 11 heteroatoms. The quantitative estimate of drug-likeness (QED) is 0.274. The zero-order chi connectivity index (χ0) is 25.2. The van der Waals surface area contributed by atoms with Crippen LogP contribution in [0.4, 0.5) is 24.5 Å². The van der Waals surface area contributed by atoms with Crippen LogP contribution in [-0.2, 0) is 20.6 Å². The number of carbonyl (C=O) groups is 3. The third-order valence-corrected chi connectivity index (χ3v) is 9.08. The summed E-state index contributed by atoms with van der Waals surface area (Å²) in [5, 5.41) is 2.32. The Balaban J connectivity index is 1.15. The van der Waals surface area contributed by atoms with Crippen molar-refractivity contribution in [3.8, 4) is 0 Å². The molecule has 36 heavy (non-hydrogen) atoms. The lowest BCUT2D eigenvalue weighted by Crippen LogP contribution is -2.32. The second-order valence-electron chi connectivity index (χ2n) is 9.02. The van der Waals surface area contributed by atoms with Gasteiger partial charge in [0.25, 0.3) is 0 Å². The topological polar surface area (TPSA) is 79.4 Å². The number of nitrogens with one attached hydrogen (secondary N) is 1. The van der Waals surface area contributed by atoms with E-state index in [-0.39, 0.29) is 46.9 Å². The molecule has 184 valence electrons. The van der Waals surface area contributed by atoms with E-state index < -0.39 is 17.6 Å². The molecule has 2 aromatic carbocycles. The first-order valence-corrected chi connectivity index (χ1v) is 13.1. The van der Waals surface area contributed by atoms with Gasteiger partial charge in [0.05, 0.1) is 44.7 Å². The number of hydrogen-bond acceptors (Lipinski definition) is 6. The summed E-state index contributed by atoms with van der Waals surface area (Å²) in [5.74, 6) is -1.32. The predicted molar refractivity (Wildman–Crippen MR) is 131 cm³/mol. The van der Waals surface area contributed by atoms with Crippen LogP contribution in [0, 0.1) is 23.7 Å². The number of benzene rings is 2. The first-order valence-electron chi connectivity index (χ1n) is 11.3. The molecule has 1 aromatic heterocycles. The largest absolute Gasteiger partial charge is 0.418 e. The summed E-state index contributed by atoms with van der Waals surface area (Å²) in [6.07, 6.45) is 0.390. The molecule has 4 atom stereocenters. The normalized spacial score (nSPS) is 24.7. The second kappa shape index (κ2) is 8.45. The number of rotatable bonds is 5. The van der Waals surface area contributed by atoms with Crippen LogP contribution in [0.25, 0.3) is 10.2 Å². The molecule has 3 aliphatic rings. The molecule has 0 spiro atoms. The van der Waals surface area contributed by atoms with Gasteiger partial charge in [0.1, 0.15) is 0 Å². The highest BCUT2D eigenvalue weighted by molar-refractivity contribution is 8.01. The molecule has 0 radical (unpaired) electrons. The fourth-order valence-electron chi connectivity index (χ4n) is 5.40. The lowest BCUT2D eigenvalue weighted by molar-refractivity contribution is -0.137. The van der Waals surface area contributed by atoms with Crippen molar-refractivity contribution in [2.45, 2.75) is 16.9 Å². The second-order valence-corrected chi connectivity index (χ2v) is 11.3. The van der Waals surface area contributed by atoms with Crippen molar-refractivity contribution in [1.29, 1.82) is 0 Å². The van der Waals surface area contributed by atoms with Crippen LogP contribution in [0.15, 0.2) is 59.0 Å². The highest BCUT2D eigenvalue weighted by atomic mass is 32.2. The van der Waals surface area contributed by atoms with Crippen LogP contribution < -0.4 is 10.2 Å². The number of allylic oxidation sites excluding steroid dienone is 2. The molecule has 3 amide bonds. The number of thioether (sulfide) groups is 1. The van der Waals surface area contributed by atoms with E-state index in [0.29, 0.717) is 15.5 Å². The molecule has 2 heterocycles. The van der Waals surface area contributed by atoms with Gasteiger partial charge in [-0.2, -0.15) is 13.2 Å². The molecule has 6 nitrogen and oxygen atoms in total. The van der Waals surface area contributed by atoms with E-state index in [0.717, 1.165) is 28.9 Å². The Hall–Kier alpha value is -3.18. The van der Waals surface area contributed by atoms with Crippen LogP contribution >= 0.6 is 23.1 Å². The standard InChI is InChI=1S/C25H18F3N3O3S2/c26-25(27,28)15-3-1-2-4-16(15)29-19(32)11-35-24-30-17-8-7-14(10-18(17)36-24)31-22(33)20-12-5-6-13(9-12)21(20)23(31)34/h1-8,10,12-13,20-21H,9,11H2,(H,29,32)/t12-,13-,20-,21-/m0/s1. The third-order valence-electron chi connectivity index (χ3n) is 6.91. The average molecular weight is 530 g/mol. The van der Waals surface area contributed by atoms with Crippen LogP contribution in [0.3, 0.4) is 0 Å². The number of alkyl halides is 3. The Labute approximate surface area is 211 Å². The minimum Gasteiger partial charge on any atom is -0.325 e. The number of amides is 3. The number of fused-ring (bicyclic) bond motifs is 6. The van der Waals surface area contributed by atoms with Crippen molar-refractivity contribution < 1.29 is 27.6 Å². The first kappa shape index (κ1) is 23.2. The Morgan fingerprint density at radius 2 is 1.78 bits per heavy atom. The van der Waals surface area contributed by atoms with Gasteiger partial charge in [0, 0.05) is 0 Å². The highest BCUT2D eigenvalue weighted by Crippen LogP contribution is 2.53. The molecule has 2 bridgehead atoms. The summed E-state index contributed by atoms with van der Waals surface area (Å²) in [6, 6.07) is 9.99. The van der Waals surface area contributed by atoms with Gasteiger partial charge in [0.2, 0.25) is 17.7 Å². The number of aromatic nitrogens is 1. The van der Waals surface area contributed by atoms with Gasteiger partial charge < -0.3 is 5.32 Å². The summed E-state index contributed by atoms with van der Waals surface area (Å²) >= 11 is 2.40. The fraction of sp³-hybridized carbons (Fsp3) is 0.280. The molecule has 6 rings (SSSR count). The van der Waals surface area contributed by atoms with Gasteiger partial charge in [-0.05, 0) is 48.6 Å². The van der Waals surface area contributed by atoms with E-state index in [4.69, 9.17) is 0 Å². The Bertz CT molecular complexity index is 1420. The number of anilines is 2. The van der Waals surface area contributed by atoms with E-state index in [1.54, 1.807) is 18.2 Å². The SMILES string of the molecule is O=C(CSc1nc2ccc(N3C(=O)[C@@H]4[C@@H](C3=O)[C@H]3C=C[C@H]4C3)cc2s1)Nc1ccccc1C(F)(F)F. The Morgan fingerprint density at radius 1 is 1.08 bits per heavy atom. The van der Waals surface area contributed by atoms with Gasteiger partial charge in [-0.25, -0.2) is 9.88 Å². The van der Waals surface area contributed by atoms with Crippen molar-refractivity contribution in [3.05, 3.63) is 60.2 Å². The monoisotopic (exact) mass is 529 g/mol. The number of imide groups is 1. The number of nitrogens with zero attached hydrogens (tertiary/aromatic N) is 2. The van der Waals surface area contributed by atoms with E-state index in [2.05, 4.69) is 10.3 Å². The first-order chi connectivity index (χ1) is 17.2. The van der Waals surface area contributed by atoms with Gasteiger partial charge in [-0.3, -0.25) is 14.4 Å². The van der Waals surface area contributed by atoms with E-state index in [9.17, 15) is 27.6 Å². The lowest BCUT2D eigenvalue weighted by atomic mass is 9.85. The number of halogens is 3. The molecular formula is C25H18F3N3O3S2. The molecule has 1 N–H and O–H groups in total.